The number of para-hydroxylation sites is 2. The highest BCUT2D eigenvalue weighted by Gasteiger charge is 2.10. The first-order chi connectivity index (χ1) is 16.1. The predicted octanol–water partition coefficient (Wildman–Crippen LogP) is 4.91. The summed E-state index contributed by atoms with van der Waals surface area (Å²) in [7, 11) is 1.92. The van der Waals surface area contributed by atoms with Crippen LogP contribution in [0.15, 0.2) is 77.6 Å². The number of aryl methyl sites for hydroxylation is 2. The van der Waals surface area contributed by atoms with Crippen molar-refractivity contribution in [2.45, 2.75) is 20.1 Å². The minimum atomic E-state index is -0.0213. The van der Waals surface area contributed by atoms with Crippen LogP contribution >= 0.6 is 0 Å². The minimum Gasteiger partial charge on any atom is -0.489 e. The van der Waals surface area contributed by atoms with Crippen LogP contribution in [0.1, 0.15) is 16.8 Å². The van der Waals surface area contributed by atoms with E-state index < -0.39 is 0 Å². The van der Waals surface area contributed by atoms with Crippen molar-refractivity contribution in [2.75, 3.05) is 6.61 Å². The Kier molecular flexibility index (Phi) is 6.61. The topological polar surface area (TPSA) is 73.5 Å². The van der Waals surface area contributed by atoms with Crippen LogP contribution in [0.3, 0.4) is 0 Å². The third-order valence-electron chi connectivity index (χ3n) is 5.42. The van der Waals surface area contributed by atoms with Gasteiger partial charge in [0, 0.05) is 30.1 Å². The van der Waals surface area contributed by atoms with Crippen molar-refractivity contribution >= 4 is 10.9 Å². The molecule has 0 saturated heterocycles. The van der Waals surface area contributed by atoms with Gasteiger partial charge in [0.15, 0.2) is 12.0 Å². The van der Waals surface area contributed by atoms with Crippen molar-refractivity contribution < 1.29 is 14.2 Å². The lowest BCUT2D eigenvalue weighted by Gasteiger charge is -2.15. The van der Waals surface area contributed by atoms with E-state index in [0.29, 0.717) is 29.2 Å². The number of hydrogen-bond acceptors (Lipinski definition) is 5. The number of nitriles is 1. The van der Waals surface area contributed by atoms with Gasteiger partial charge in [-0.2, -0.15) is 5.26 Å². The maximum Gasteiger partial charge on any atom is 0.189 e. The molecule has 0 aliphatic heterocycles. The first-order valence-corrected chi connectivity index (χ1v) is 10.6. The largest absolute Gasteiger partial charge is 0.489 e. The molecule has 3 aromatic carbocycles. The van der Waals surface area contributed by atoms with E-state index in [1.54, 1.807) is 6.07 Å². The van der Waals surface area contributed by atoms with Crippen LogP contribution in [-0.2, 0) is 20.3 Å². The van der Waals surface area contributed by atoms with Gasteiger partial charge in [-0.15, -0.1) is 0 Å². The quantitative estimate of drug-likeness (QED) is 0.389. The van der Waals surface area contributed by atoms with Crippen LogP contribution in [0, 0.1) is 18.3 Å². The summed E-state index contributed by atoms with van der Waals surface area (Å²) >= 11 is 0. The van der Waals surface area contributed by atoms with Gasteiger partial charge in [-0.25, -0.2) is 0 Å². The molecule has 33 heavy (non-hydrogen) atoms. The molecular formula is C27H24N2O4. The van der Waals surface area contributed by atoms with Gasteiger partial charge in [0.05, 0.1) is 11.2 Å². The summed E-state index contributed by atoms with van der Waals surface area (Å²) in [6.07, 6.45) is 0. The highest BCUT2D eigenvalue weighted by molar-refractivity contribution is 5.79. The summed E-state index contributed by atoms with van der Waals surface area (Å²) in [5.74, 6) is 1.95. The van der Waals surface area contributed by atoms with E-state index in [4.69, 9.17) is 19.5 Å². The molecule has 0 aliphatic carbocycles. The number of fused-ring (bicyclic) bond motifs is 1. The maximum atomic E-state index is 12.4. The summed E-state index contributed by atoms with van der Waals surface area (Å²) in [6, 6.07) is 24.3. The van der Waals surface area contributed by atoms with Gasteiger partial charge in [0.25, 0.3) is 0 Å². The molecule has 0 aliphatic rings. The van der Waals surface area contributed by atoms with Crippen LogP contribution < -0.4 is 19.6 Å². The lowest BCUT2D eigenvalue weighted by Crippen LogP contribution is -2.13. The number of hydrogen-bond donors (Lipinski definition) is 0. The first kappa shape index (κ1) is 22.0. The number of benzene rings is 3. The van der Waals surface area contributed by atoms with E-state index >= 15 is 0 Å². The Balaban J connectivity index is 1.46. The Morgan fingerprint density at radius 2 is 1.61 bits per heavy atom. The summed E-state index contributed by atoms with van der Waals surface area (Å²) in [6.45, 7) is 2.47. The number of pyridine rings is 1. The number of aromatic nitrogens is 1. The van der Waals surface area contributed by atoms with E-state index in [1.165, 1.54) is 0 Å². The standard InChI is InChI=1S/C27H24N2O4/c1-19-7-5-8-20(27(19)31-14-13-28)17-32-22-9-6-10-23(16-22)33-18-21-15-26(30)24-11-3-4-12-25(24)29(21)2/h3-12,15-16H,14,17-18H2,1-2H3. The summed E-state index contributed by atoms with van der Waals surface area (Å²) in [5.41, 5.74) is 3.44. The third kappa shape index (κ3) is 4.99. The van der Waals surface area contributed by atoms with E-state index in [-0.39, 0.29) is 18.6 Å². The highest BCUT2D eigenvalue weighted by atomic mass is 16.5. The fourth-order valence-corrected chi connectivity index (χ4v) is 3.70. The molecule has 0 spiro atoms. The molecule has 0 unspecified atom stereocenters. The molecule has 1 heterocycles. The predicted molar refractivity (Wildman–Crippen MR) is 127 cm³/mol. The Bertz CT molecular complexity index is 1390. The molecule has 4 rings (SSSR count). The van der Waals surface area contributed by atoms with Crippen LogP contribution in [-0.4, -0.2) is 11.2 Å². The minimum absolute atomic E-state index is 0.0154. The average molecular weight is 440 g/mol. The van der Waals surface area contributed by atoms with Crippen molar-refractivity contribution in [3.8, 4) is 23.3 Å². The van der Waals surface area contributed by atoms with Gasteiger partial charge in [-0.3, -0.25) is 4.79 Å². The van der Waals surface area contributed by atoms with Crippen LogP contribution in [0.25, 0.3) is 10.9 Å². The van der Waals surface area contributed by atoms with E-state index in [9.17, 15) is 4.79 Å². The van der Waals surface area contributed by atoms with Gasteiger partial charge in [0.2, 0.25) is 0 Å². The molecule has 6 heteroatoms. The van der Waals surface area contributed by atoms with E-state index in [2.05, 4.69) is 0 Å². The molecule has 0 atom stereocenters. The van der Waals surface area contributed by atoms with Crippen molar-refractivity contribution in [1.82, 2.24) is 4.57 Å². The Morgan fingerprint density at radius 1 is 0.879 bits per heavy atom. The Labute approximate surface area is 192 Å². The zero-order valence-corrected chi connectivity index (χ0v) is 18.6. The lowest BCUT2D eigenvalue weighted by atomic mass is 10.1. The van der Waals surface area contributed by atoms with Gasteiger partial charge >= 0.3 is 0 Å². The van der Waals surface area contributed by atoms with Crippen molar-refractivity contribution in [2.24, 2.45) is 7.05 Å². The average Bonchev–Trinajstić information content (AvgIpc) is 2.84. The summed E-state index contributed by atoms with van der Waals surface area (Å²) in [5, 5.41) is 9.51. The molecule has 166 valence electrons. The zero-order valence-electron chi connectivity index (χ0n) is 18.6. The molecule has 6 nitrogen and oxygen atoms in total. The molecule has 0 bridgehead atoms. The van der Waals surface area contributed by atoms with Gasteiger partial charge < -0.3 is 18.8 Å². The molecule has 0 saturated carbocycles. The third-order valence-corrected chi connectivity index (χ3v) is 5.42. The Morgan fingerprint density at radius 3 is 2.39 bits per heavy atom. The number of rotatable bonds is 8. The molecule has 0 fully saturated rings. The molecule has 1 aromatic heterocycles. The van der Waals surface area contributed by atoms with Crippen LogP contribution in [0.4, 0.5) is 0 Å². The SMILES string of the molecule is Cc1cccc(COc2cccc(OCc3cc(=O)c4ccccc4n3C)c2)c1OCC#N. The molecule has 0 amide bonds. The van der Waals surface area contributed by atoms with Crippen molar-refractivity contribution in [1.29, 1.82) is 5.26 Å². The normalized spacial score (nSPS) is 10.6. The molecule has 0 N–H and O–H groups in total. The van der Waals surface area contributed by atoms with Gasteiger partial charge in [0.1, 0.15) is 36.5 Å². The van der Waals surface area contributed by atoms with E-state index in [1.807, 2.05) is 91.3 Å². The fraction of sp³-hybridized carbons (Fsp3) is 0.185. The zero-order chi connectivity index (χ0) is 23.2. The number of nitrogens with zero attached hydrogens (tertiary/aromatic N) is 2. The summed E-state index contributed by atoms with van der Waals surface area (Å²) < 4.78 is 19.5. The number of ether oxygens (including phenoxy) is 3. The van der Waals surface area contributed by atoms with Crippen LogP contribution in [0.5, 0.6) is 17.2 Å². The second-order valence-electron chi connectivity index (χ2n) is 7.64. The van der Waals surface area contributed by atoms with Crippen molar-refractivity contribution in [3.05, 3.63) is 99.8 Å². The van der Waals surface area contributed by atoms with Gasteiger partial charge in [-0.05, 0) is 36.8 Å². The first-order valence-electron chi connectivity index (χ1n) is 10.6. The lowest BCUT2D eigenvalue weighted by molar-refractivity contribution is 0.279. The van der Waals surface area contributed by atoms with Gasteiger partial charge in [-0.1, -0.05) is 36.4 Å². The maximum absolute atomic E-state index is 12.4. The second-order valence-corrected chi connectivity index (χ2v) is 7.64. The second kappa shape index (κ2) is 9.92. The van der Waals surface area contributed by atoms with E-state index in [0.717, 1.165) is 22.3 Å². The fourth-order valence-electron chi connectivity index (χ4n) is 3.70. The Hall–Kier alpha value is -4.24. The van der Waals surface area contributed by atoms with Crippen molar-refractivity contribution in [3.63, 3.8) is 0 Å². The molecule has 0 radical (unpaired) electrons. The molecule has 4 aromatic rings. The smallest absolute Gasteiger partial charge is 0.189 e. The monoisotopic (exact) mass is 440 g/mol. The highest BCUT2D eigenvalue weighted by Crippen LogP contribution is 2.26. The summed E-state index contributed by atoms with van der Waals surface area (Å²) in [4.78, 5) is 12.4. The van der Waals surface area contributed by atoms with Crippen LogP contribution in [0.2, 0.25) is 0 Å². The molecular weight excluding hydrogens is 416 g/mol.